The summed E-state index contributed by atoms with van der Waals surface area (Å²) in [6.07, 6.45) is 5.94. The fourth-order valence-corrected chi connectivity index (χ4v) is 5.77. The fraction of sp³-hybridized carbons (Fsp3) is 0.286. The highest BCUT2D eigenvalue weighted by Crippen LogP contribution is 2.29. The molecule has 0 aliphatic heterocycles. The molecule has 5 N–H and O–H groups in total. The maximum Gasteiger partial charge on any atom is 0.240 e. The van der Waals surface area contributed by atoms with E-state index in [1.54, 1.807) is 28.1 Å². The van der Waals surface area contributed by atoms with Gasteiger partial charge >= 0.3 is 0 Å². The number of nitrogens with one attached hydrogen (secondary N) is 3. The smallest absolute Gasteiger partial charge is 0.240 e. The molecule has 3 aromatic carbocycles. The molecule has 232 valence electrons. The quantitative estimate of drug-likeness (QED) is 0.151. The second-order valence-electron chi connectivity index (χ2n) is 11.9. The van der Waals surface area contributed by atoms with E-state index in [0.29, 0.717) is 36.7 Å². The van der Waals surface area contributed by atoms with E-state index in [0.717, 1.165) is 39.8 Å². The Hall–Kier alpha value is -5.09. The Bertz CT molecular complexity index is 1950. The van der Waals surface area contributed by atoms with Crippen LogP contribution in [0.25, 0.3) is 21.8 Å². The van der Waals surface area contributed by atoms with E-state index in [1.165, 1.54) is 10.9 Å². The van der Waals surface area contributed by atoms with Crippen LogP contribution in [-0.4, -0.2) is 50.4 Å². The lowest BCUT2D eigenvalue weighted by atomic mass is 10.0. The van der Waals surface area contributed by atoms with Crippen molar-refractivity contribution in [2.45, 2.75) is 51.2 Å². The normalized spacial score (nSPS) is 12.5. The SMILES string of the molecule is COc1ccc(Cn2c(CCc3c[nH]c4ccccc34)nnc2[C@@H](Cc2c[nH]c3ccccc23)NC(=O)C(C)(C)N)c(OC)c1. The van der Waals surface area contributed by atoms with E-state index >= 15 is 0 Å². The first kappa shape index (κ1) is 30.0. The minimum Gasteiger partial charge on any atom is -0.497 e. The maximum absolute atomic E-state index is 13.4. The van der Waals surface area contributed by atoms with Crippen molar-refractivity contribution in [3.05, 3.63) is 107 Å². The van der Waals surface area contributed by atoms with Gasteiger partial charge in [0.15, 0.2) is 5.82 Å². The van der Waals surface area contributed by atoms with Gasteiger partial charge in [-0.2, -0.15) is 0 Å². The first-order valence-corrected chi connectivity index (χ1v) is 15.1. The number of aromatic amines is 2. The lowest BCUT2D eigenvalue weighted by Crippen LogP contribution is -2.50. The van der Waals surface area contributed by atoms with Crippen molar-refractivity contribution in [3.63, 3.8) is 0 Å². The molecule has 0 saturated heterocycles. The van der Waals surface area contributed by atoms with Crippen LogP contribution in [0, 0.1) is 0 Å². The number of hydrogen-bond acceptors (Lipinski definition) is 6. The zero-order valence-corrected chi connectivity index (χ0v) is 26.1. The molecule has 10 heteroatoms. The monoisotopic (exact) mass is 605 g/mol. The topological polar surface area (TPSA) is 136 Å². The lowest BCUT2D eigenvalue weighted by Gasteiger charge is -2.25. The van der Waals surface area contributed by atoms with E-state index < -0.39 is 11.6 Å². The summed E-state index contributed by atoms with van der Waals surface area (Å²) in [5.41, 5.74) is 10.5. The first-order valence-electron chi connectivity index (χ1n) is 15.1. The van der Waals surface area contributed by atoms with Crippen molar-refractivity contribution in [2.75, 3.05) is 14.2 Å². The predicted octanol–water partition coefficient (Wildman–Crippen LogP) is 5.23. The van der Waals surface area contributed by atoms with E-state index in [1.807, 2.05) is 54.7 Å². The number of fused-ring (bicyclic) bond motifs is 2. The van der Waals surface area contributed by atoms with Gasteiger partial charge in [-0.15, -0.1) is 10.2 Å². The van der Waals surface area contributed by atoms with Crippen LogP contribution in [-0.2, 0) is 30.6 Å². The van der Waals surface area contributed by atoms with Gasteiger partial charge in [-0.1, -0.05) is 36.4 Å². The van der Waals surface area contributed by atoms with Crippen molar-refractivity contribution in [2.24, 2.45) is 5.73 Å². The Labute approximate surface area is 262 Å². The average Bonchev–Trinajstić information content (AvgIpc) is 3.76. The average molecular weight is 606 g/mol. The van der Waals surface area contributed by atoms with Crippen molar-refractivity contribution in [1.29, 1.82) is 0 Å². The molecule has 6 rings (SSSR count). The highest BCUT2D eigenvalue weighted by Gasteiger charge is 2.30. The molecule has 0 bridgehead atoms. The number of carbonyl (C=O) groups excluding carboxylic acids is 1. The second-order valence-corrected chi connectivity index (χ2v) is 11.9. The van der Waals surface area contributed by atoms with Crippen LogP contribution in [0.4, 0.5) is 0 Å². The molecule has 3 aromatic heterocycles. The fourth-order valence-electron chi connectivity index (χ4n) is 5.77. The van der Waals surface area contributed by atoms with Crippen molar-refractivity contribution < 1.29 is 14.3 Å². The van der Waals surface area contributed by atoms with Crippen molar-refractivity contribution >= 4 is 27.7 Å². The summed E-state index contributed by atoms with van der Waals surface area (Å²) < 4.78 is 13.3. The summed E-state index contributed by atoms with van der Waals surface area (Å²) in [4.78, 5) is 20.1. The number of rotatable bonds is 12. The van der Waals surface area contributed by atoms with Crippen LogP contribution in [0.3, 0.4) is 0 Å². The molecule has 1 amide bonds. The number of aromatic nitrogens is 5. The third-order valence-electron chi connectivity index (χ3n) is 8.27. The predicted molar refractivity (Wildman–Crippen MR) is 176 cm³/mol. The van der Waals surface area contributed by atoms with Gasteiger partial charge in [0.25, 0.3) is 0 Å². The Morgan fingerprint density at radius 2 is 1.56 bits per heavy atom. The van der Waals surface area contributed by atoms with Gasteiger partial charge in [-0.3, -0.25) is 4.79 Å². The molecule has 1 atom stereocenters. The number of methoxy groups -OCH3 is 2. The van der Waals surface area contributed by atoms with Crippen LogP contribution in [0.1, 0.15) is 48.2 Å². The summed E-state index contributed by atoms with van der Waals surface area (Å²) in [5.74, 6) is 2.57. The summed E-state index contributed by atoms with van der Waals surface area (Å²) in [5, 5.41) is 14.9. The number of nitrogens with zero attached hydrogens (tertiary/aromatic N) is 3. The number of carbonyl (C=O) groups is 1. The molecular weight excluding hydrogens is 566 g/mol. The summed E-state index contributed by atoms with van der Waals surface area (Å²) >= 11 is 0. The number of amides is 1. The molecule has 0 spiro atoms. The highest BCUT2D eigenvalue weighted by atomic mass is 16.5. The van der Waals surface area contributed by atoms with Crippen molar-refractivity contribution in [3.8, 4) is 11.5 Å². The van der Waals surface area contributed by atoms with Gasteiger partial charge in [-0.25, -0.2) is 0 Å². The summed E-state index contributed by atoms with van der Waals surface area (Å²) in [6.45, 7) is 3.83. The van der Waals surface area contributed by atoms with Crippen LogP contribution in [0.15, 0.2) is 79.1 Å². The molecule has 0 aliphatic carbocycles. The summed E-state index contributed by atoms with van der Waals surface area (Å²) in [7, 11) is 3.28. The van der Waals surface area contributed by atoms with Gasteiger partial charge in [0.05, 0.1) is 32.3 Å². The molecule has 0 unspecified atom stereocenters. The van der Waals surface area contributed by atoms with Gasteiger partial charge in [0.1, 0.15) is 17.3 Å². The van der Waals surface area contributed by atoms with E-state index in [4.69, 9.17) is 25.4 Å². The number of aryl methyl sites for hydroxylation is 2. The molecule has 6 aromatic rings. The zero-order valence-electron chi connectivity index (χ0n) is 26.1. The summed E-state index contributed by atoms with van der Waals surface area (Å²) in [6, 6.07) is 21.7. The van der Waals surface area contributed by atoms with E-state index in [2.05, 4.69) is 44.2 Å². The first-order chi connectivity index (χ1) is 21.7. The minimum absolute atomic E-state index is 0.274. The number of ether oxygens (including phenoxy) is 2. The van der Waals surface area contributed by atoms with Gasteiger partial charge in [-0.05, 0) is 55.7 Å². The van der Waals surface area contributed by atoms with Crippen LogP contribution >= 0.6 is 0 Å². The molecule has 45 heavy (non-hydrogen) atoms. The molecular formula is C35H39N7O3. The number of H-pyrrole nitrogens is 2. The highest BCUT2D eigenvalue weighted by molar-refractivity contribution is 5.86. The van der Waals surface area contributed by atoms with Crippen LogP contribution in [0.2, 0.25) is 0 Å². The number of para-hydroxylation sites is 2. The Kier molecular flexibility index (Phi) is 8.32. The second kappa shape index (κ2) is 12.5. The molecule has 0 aliphatic rings. The molecule has 0 radical (unpaired) electrons. The van der Waals surface area contributed by atoms with E-state index in [-0.39, 0.29) is 5.91 Å². The van der Waals surface area contributed by atoms with Gasteiger partial charge in [0, 0.05) is 58.7 Å². The molecule has 3 heterocycles. The van der Waals surface area contributed by atoms with Gasteiger partial charge < -0.3 is 35.1 Å². The standard InChI is InChI=1S/C35H39N7O3/c1-35(2,36)34(43)39-30(17-24-20-38-29-12-8-6-10-27(24)29)33-41-40-32(16-14-22-19-37-28-11-7-5-9-26(22)28)42(33)21-23-13-15-25(44-3)18-31(23)45-4/h5-13,15,18-20,30,37-38H,14,16-17,21,36H2,1-4H3,(H,39,43)/t30-/m1/s1. The Morgan fingerprint density at radius 1 is 0.889 bits per heavy atom. The lowest BCUT2D eigenvalue weighted by molar-refractivity contribution is -0.126. The largest absolute Gasteiger partial charge is 0.497 e. The third-order valence-corrected chi connectivity index (χ3v) is 8.27. The number of benzene rings is 3. The number of nitrogens with two attached hydrogens (primary N) is 1. The Balaban J connectivity index is 1.42. The van der Waals surface area contributed by atoms with E-state index in [9.17, 15) is 4.79 Å². The zero-order chi connectivity index (χ0) is 31.6. The number of hydrogen-bond donors (Lipinski definition) is 4. The van der Waals surface area contributed by atoms with Crippen LogP contribution in [0.5, 0.6) is 11.5 Å². The molecule has 0 fully saturated rings. The van der Waals surface area contributed by atoms with Crippen LogP contribution < -0.4 is 20.5 Å². The van der Waals surface area contributed by atoms with Gasteiger partial charge in [0.2, 0.25) is 5.91 Å². The Morgan fingerprint density at radius 3 is 2.22 bits per heavy atom. The maximum atomic E-state index is 13.4. The van der Waals surface area contributed by atoms with Crippen molar-refractivity contribution in [1.82, 2.24) is 30.0 Å². The minimum atomic E-state index is -1.08. The molecule has 10 nitrogen and oxygen atoms in total. The molecule has 0 saturated carbocycles. The third kappa shape index (κ3) is 6.28.